The molecule has 3 N–H and O–H groups in total. The summed E-state index contributed by atoms with van der Waals surface area (Å²) in [5.41, 5.74) is 7.18. The number of nitrogens with two attached hydrogens (primary N) is 1. The van der Waals surface area contributed by atoms with Gasteiger partial charge in [0.05, 0.1) is 23.2 Å². The summed E-state index contributed by atoms with van der Waals surface area (Å²) in [6.07, 6.45) is 0. The first-order valence-corrected chi connectivity index (χ1v) is 5.80. The molecule has 1 aromatic heterocycles. The van der Waals surface area contributed by atoms with Crippen LogP contribution in [0.5, 0.6) is 0 Å². The minimum atomic E-state index is -0.470. The van der Waals surface area contributed by atoms with Crippen LogP contribution in [0.2, 0.25) is 0 Å². The number of nitrogen functional groups attached to an aromatic ring is 1. The second-order valence-electron chi connectivity index (χ2n) is 4.38. The smallest absolute Gasteiger partial charge is 0.201 e. The van der Waals surface area contributed by atoms with Crippen LogP contribution in [0.25, 0.3) is 11.0 Å². The van der Waals surface area contributed by atoms with Gasteiger partial charge >= 0.3 is 0 Å². The number of aromatic nitrogens is 2. The molecule has 0 saturated carbocycles. The van der Waals surface area contributed by atoms with E-state index in [1.54, 1.807) is 0 Å². The molecule has 0 aliphatic heterocycles. The van der Waals surface area contributed by atoms with Crippen LogP contribution >= 0.6 is 15.9 Å². The van der Waals surface area contributed by atoms with Crippen LogP contribution in [-0.2, 0) is 5.54 Å². The third-order valence-corrected chi connectivity index (χ3v) is 3.29. The maximum absolute atomic E-state index is 9.42. The van der Waals surface area contributed by atoms with Crippen molar-refractivity contribution in [2.24, 2.45) is 0 Å². The van der Waals surface area contributed by atoms with Crippen molar-refractivity contribution < 1.29 is 5.11 Å². The van der Waals surface area contributed by atoms with Crippen molar-refractivity contribution in [3.8, 4) is 0 Å². The van der Waals surface area contributed by atoms with E-state index in [1.165, 1.54) is 0 Å². The minimum absolute atomic E-state index is 0.00396. The van der Waals surface area contributed by atoms with E-state index in [0.29, 0.717) is 5.95 Å². The lowest BCUT2D eigenvalue weighted by atomic mass is 10.1. The van der Waals surface area contributed by atoms with E-state index in [2.05, 4.69) is 20.9 Å². The number of aliphatic hydroxyl groups excluding tert-OH is 1. The molecule has 0 saturated heterocycles. The van der Waals surface area contributed by atoms with Crippen LogP contribution in [0.1, 0.15) is 13.8 Å². The zero-order valence-corrected chi connectivity index (χ0v) is 10.8. The molecule has 0 aliphatic carbocycles. The lowest BCUT2D eigenvalue weighted by Gasteiger charge is -2.26. The molecule has 0 amide bonds. The monoisotopic (exact) mass is 283 g/mol. The largest absolute Gasteiger partial charge is 0.394 e. The fourth-order valence-corrected chi connectivity index (χ4v) is 2.32. The molecule has 16 heavy (non-hydrogen) atoms. The second kappa shape index (κ2) is 3.75. The van der Waals surface area contributed by atoms with Crippen LogP contribution in [-0.4, -0.2) is 21.3 Å². The van der Waals surface area contributed by atoms with Gasteiger partial charge in [0.2, 0.25) is 5.95 Å². The highest BCUT2D eigenvalue weighted by Gasteiger charge is 2.25. The van der Waals surface area contributed by atoms with Crippen LogP contribution < -0.4 is 5.73 Å². The summed E-state index contributed by atoms with van der Waals surface area (Å²) in [5.74, 6) is 0.418. The summed E-state index contributed by atoms with van der Waals surface area (Å²) >= 11 is 3.48. The van der Waals surface area contributed by atoms with E-state index in [9.17, 15) is 5.11 Å². The number of benzene rings is 1. The second-order valence-corrected chi connectivity index (χ2v) is 5.24. The van der Waals surface area contributed by atoms with Crippen molar-refractivity contribution in [2.75, 3.05) is 12.3 Å². The molecular formula is C11H14BrN3O. The van der Waals surface area contributed by atoms with Crippen molar-refractivity contribution >= 4 is 32.9 Å². The number of anilines is 1. The highest BCUT2D eigenvalue weighted by molar-refractivity contribution is 9.10. The first-order chi connectivity index (χ1) is 7.47. The fraction of sp³-hybridized carbons (Fsp3) is 0.364. The van der Waals surface area contributed by atoms with E-state index >= 15 is 0 Å². The number of para-hydroxylation sites is 1. The van der Waals surface area contributed by atoms with Gasteiger partial charge in [-0.25, -0.2) is 4.98 Å². The first-order valence-electron chi connectivity index (χ1n) is 5.01. The summed E-state index contributed by atoms with van der Waals surface area (Å²) in [4.78, 5) is 4.29. The Morgan fingerprint density at radius 2 is 2.19 bits per heavy atom. The Balaban J connectivity index is 2.83. The van der Waals surface area contributed by atoms with Crippen molar-refractivity contribution in [3.05, 3.63) is 22.7 Å². The van der Waals surface area contributed by atoms with Crippen LogP contribution in [0.4, 0.5) is 5.95 Å². The van der Waals surface area contributed by atoms with Gasteiger partial charge in [-0.3, -0.25) is 0 Å². The van der Waals surface area contributed by atoms with E-state index in [0.717, 1.165) is 15.5 Å². The highest BCUT2D eigenvalue weighted by atomic mass is 79.9. The lowest BCUT2D eigenvalue weighted by molar-refractivity contribution is 0.169. The number of imidazole rings is 1. The van der Waals surface area contributed by atoms with Crippen molar-refractivity contribution in [1.29, 1.82) is 0 Å². The minimum Gasteiger partial charge on any atom is -0.394 e. The summed E-state index contributed by atoms with van der Waals surface area (Å²) in [7, 11) is 0. The predicted octanol–water partition coefficient (Wildman–Crippen LogP) is 2.11. The van der Waals surface area contributed by atoms with Gasteiger partial charge < -0.3 is 15.4 Å². The maximum atomic E-state index is 9.42. The van der Waals surface area contributed by atoms with Crippen LogP contribution in [0.3, 0.4) is 0 Å². The molecule has 0 fully saturated rings. The molecule has 2 aromatic rings. The number of halogens is 1. The molecule has 0 unspecified atom stereocenters. The molecule has 4 nitrogen and oxygen atoms in total. The van der Waals surface area contributed by atoms with E-state index in [4.69, 9.17) is 5.73 Å². The number of fused-ring (bicyclic) bond motifs is 1. The molecule has 0 atom stereocenters. The average molecular weight is 284 g/mol. The zero-order valence-electron chi connectivity index (χ0n) is 9.24. The fourth-order valence-electron chi connectivity index (χ4n) is 1.79. The van der Waals surface area contributed by atoms with Gasteiger partial charge in [-0.2, -0.15) is 0 Å². The number of hydrogen-bond acceptors (Lipinski definition) is 3. The summed E-state index contributed by atoms with van der Waals surface area (Å²) in [5, 5.41) is 9.42. The van der Waals surface area contributed by atoms with Crippen molar-refractivity contribution in [2.45, 2.75) is 19.4 Å². The van der Waals surface area contributed by atoms with E-state index in [-0.39, 0.29) is 6.61 Å². The van der Waals surface area contributed by atoms with Crippen molar-refractivity contribution in [3.63, 3.8) is 0 Å². The normalized spacial score (nSPS) is 12.2. The van der Waals surface area contributed by atoms with Gasteiger partial charge in [0, 0.05) is 4.47 Å². The molecule has 0 aliphatic rings. The summed E-state index contributed by atoms with van der Waals surface area (Å²) < 4.78 is 2.78. The molecule has 0 radical (unpaired) electrons. The van der Waals surface area contributed by atoms with Gasteiger partial charge in [0.15, 0.2) is 0 Å². The quantitative estimate of drug-likeness (QED) is 0.887. The molecule has 0 bridgehead atoms. The molecule has 1 aromatic carbocycles. The van der Waals surface area contributed by atoms with Crippen LogP contribution in [0.15, 0.2) is 22.7 Å². The summed E-state index contributed by atoms with van der Waals surface area (Å²) in [6.45, 7) is 3.85. The highest BCUT2D eigenvalue weighted by Crippen LogP contribution is 2.31. The Labute approximate surface area is 102 Å². The van der Waals surface area contributed by atoms with Crippen LogP contribution in [0, 0.1) is 0 Å². The van der Waals surface area contributed by atoms with E-state index < -0.39 is 5.54 Å². The number of nitrogens with zero attached hydrogens (tertiary/aromatic N) is 2. The Hall–Kier alpha value is -1.07. The molecular weight excluding hydrogens is 270 g/mol. The number of rotatable bonds is 2. The van der Waals surface area contributed by atoms with Gasteiger partial charge in [0.25, 0.3) is 0 Å². The first kappa shape index (κ1) is 11.4. The topological polar surface area (TPSA) is 64.1 Å². The van der Waals surface area contributed by atoms with Gasteiger partial charge in [0.1, 0.15) is 0 Å². The lowest BCUT2D eigenvalue weighted by Crippen LogP contribution is -2.31. The Bertz CT molecular complexity index is 533. The maximum Gasteiger partial charge on any atom is 0.201 e. The number of hydrogen-bond donors (Lipinski definition) is 2. The third kappa shape index (κ3) is 1.60. The SMILES string of the molecule is CC(C)(CO)n1c(N)nc2cccc(Br)c21. The Morgan fingerprint density at radius 3 is 2.81 bits per heavy atom. The molecule has 5 heteroatoms. The average Bonchev–Trinajstić information content (AvgIpc) is 2.56. The molecule has 0 spiro atoms. The molecule has 1 heterocycles. The molecule has 86 valence electrons. The van der Waals surface area contributed by atoms with Crippen molar-refractivity contribution in [1.82, 2.24) is 9.55 Å². The zero-order chi connectivity index (χ0) is 11.9. The Kier molecular flexibility index (Phi) is 2.67. The molecule has 2 rings (SSSR count). The van der Waals surface area contributed by atoms with Gasteiger partial charge in [-0.05, 0) is 41.9 Å². The van der Waals surface area contributed by atoms with E-state index in [1.807, 2.05) is 36.6 Å². The third-order valence-electron chi connectivity index (χ3n) is 2.65. The predicted molar refractivity (Wildman–Crippen MR) is 68.3 cm³/mol. The summed E-state index contributed by atoms with van der Waals surface area (Å²) in [6, 6.07) is 5.75. The number of aliphatic hydroxyl groups is 1. The van der Waals surface area contributed by atoms with Gasteiger partial charge in [-0.1, -0.05) is 6.07 Å². The Morgan fingerprint density at radius 1 is 1.50 bits per heavy atom. The van der Waals surface area contributed by atoms with Gasteiger partial charge in [-0.15, -0.1) is 0 Å². The standard InChI is InChI=1S/C11H14BrN3O/c1-11(2,6-16)15-9-7(12)4-3-5-8(9)14-10(15)13/h3-5,16H,6H2,1-2H3,(H2,13,14).